The molecular weight excluding hydrogens is 228 g/mol. The third kappa shape index (κ3) is 3.31. The minimum Gasteiger partial charge on any atom is -0.396 e. The van der Waals surface area contributed by atoms with Crippen LogP contribution < -0.4 is 0 Å². The third-order valence-corrected chi connectivity index (χ3v) is 3.35. The molecule has 1 N–H and O–H groups in total. The summed E-state index contributed by atoms with van der Waals surface area (Å²) in [5, 5.41) is 8.97. The number of ether oxygens (including phenoxy) is 2. The molecule has 1 saturated heterocycles. The van der Waals surface area contributed by atoms with E-state index in [0.717, 1.165) is 12.8 Å². The highest BCUT2D eigenvalue weighted by Crippen LogP contribution is 2.38. The maximum Gasteiger partial charge on any atom is 0.163 e. The monoisotopic (exact) mass is 250 g/mol. The Bertz CT molecular complexity index is 361. The molecule has 0 amide bonds. The lowest BCUT2D eigenvalue weighted by Crippen LogP contribution is -2.41. The maximum atomic E-state index is 8.97. The Balaban J connectivity index is 2.14. The fourth-order valence-corrected chi connectivity index (χ4v) is 2.40. The van der Waals surface area contributed by atoms with E-state index < -0.39 is 5.79 Å². The maximum absolute atomic E-state index is 8.97. The van der Waals surface area contributed by atoms with Crippen LogP contribution in [0.1, 0.15) is 38.4 Å². The fraction of sp³-hybridized carbons (Fsp3) is 0.600. The zero-order valence-electron chi connectivity index (χ0n) is 11.1. The molecule has 1 fully saturated rings. The summed E-state index contributed by atoms with van der Waals surface area (Å²) >= 11 is 0. The Hall–Kier alpha value is -0.900. The van der Waals surface area contributed by atoms with E-state index >= 15 is 0 Å². The van der Waals surface area contributed by atoms with Crippen LogP contribution in [-0.4, -0.2) is 24.1 Å². The molecule has 0 bridgehead atoms. The van der Waals surface area contributed by atoms with Gasteiger partial charge in [0.15, 0.2) is 5.79 Å². The molecule has 0 spiro atoms. The van der Waals surface area contributed by atoms with E-state index in [9.17, 15) is 0 Å². The highest BCUT2D eigenvalue weighted by molar-refractivity contribution is 5.19. The fourth-order valence-electron chi connectivity index (χ4n) is 2.40. The van der Waals surface area contributed by atoms with Gasteiger partial charge in [-0.05, 0) is 32.3 Å². The predicted octanol–water partition coefficient (Wildman–Crippen LogP) is 2.90. The Morgan fingerprint density at radius 1 is 1.28 bits per heavy atom. The van der Waals surface area contributed by atoms with Crippen LogP contribution in [0.2, 0.25) is 0 Å². The van der Waals surface area contributed by atoms with Crippen LogP contribution >= 0.6 is 0 Å². The number of aliphatic hydroxyl groups is 1. The smallest absolute Gasteiger partial charge is 0.163 e. The highest BCUT2D eigenvalue weighted by atomic mass is 16.7. The van der Waals surface area contributed by atoms with Gasteiger partial charge in [-0.15, -0.1) is 0 Å². The highest BCUT2D eigenvalue weighted by Gasteiger charge is 2.36. The van der Waals surface area contributed by atoms with E-state index in [1.807, 2.05) is 32.0 Å². The van der Waals surface area contributed by atoms with Crippen LogP contribution in [0.5, 0.6) is 0 Å². The van der Waals surface area contributed by atoms with Crippen molar-refractivity contribution in [2.75, 3.05) is 13.2 Å². The molecule has 0 radical (unpaired) electrons. The summed E-state index contributed by atoms with van der Waals surface area (Å²) in [5.41, 5.74) is 1.19. The van der Waals surface area contributed by atoms with Crippen molar-refractivity contribution in [3.8, 4) is 0 Å². The van der Waals surface area contributed by atoms with E-state index in [0.29, 0.717) is 12.5 Å². The SMILES string of the molecule is CC1(C)OC[C@@H](CCCO)[C@@H](c2ccccc2)O1. The zero-order chi connectivity index (χ0) is 13.0. The number of benzene rings is 1. The quantitative estimate of drug-likeness (QED) is 0.893. The molecular formula is C15H22O3. The molecule has 2 atom stereocenters. The van der Waals surface area contributed by atoms with Gasteiger partial charge in [0.05, 0.1) is 12.7 Å². The summed E-state index contributed by atoms with van der Waals surface area (Å²) in [6.07, 6.45) is 1.77. The molecule has 0 saturated carbocycles. The van der Waals surface area contributed by atoms with Gasteiger partial charge >= 0.3 is 0 Å². The lowest BCUT2D eigenvalue weighted by Gasteiger charge is -2.41. The van der Waals surface area contributed by atoms with Crippen molar-refractivity contribution in [1.82, 2.24) is 0 Å². The average molecular weight is 250 g/mol. The molecule has 1 aliphatic heterocycles. The summed E-state index contributed by atoms with van der Waals surface area (Å²) in [6.45, 7) is 4.81. The van der Waals surface area contributed by atoms with Gasteiger partial charge in [-0.1, -0.05) is 30.3 Å². The molecule has 0 aliphatic carbocycles. The largest absolute Gasteiger partial charge is 0.396 e. The number of hydrogen-bond donors (Lipinski definition) is 1. The van der Waals surface area contributed by atoms with Crippen molar-refractivity contribution in [1.29, 1.82) is 0 Å². The van der Waals surface area contributed by atoms with E-state index in [4.69, 9.17) is 14.6 Å². The Kier molecular flexibility index (Phi) is 4.38. The van der Waals surface area contributed by atoms with Crippen LogP contribution in [0.4, 0.5) is 0 Å². The molecule has 0 aromatic heterocycles. The van der Waals surface area contributed by atoms with Crippen molar-refractivity contribution in [2.24, 2.45) is 5.92 Å². The number of aliphatic hydroxyl groups excluding tert-OH is 1. The summed E-state index contributed by atoms with van der Waals surface area (Å²) in [4.78, 5) is 0. The molecule has 3 heteroatoms. The first kappa shape index (κ1) is 13.5. The minimum absolute atomic E-state index is 0.0569. The first-order chi connectivity index (χ1) is 8.62. The lowest BCUT2D eigenvalue weighted by atomic mass is 9.91. The second-order valence-electron chi connectivity index (χ2n) is 5.29. The first-order valence-corrected chi connectivity index (χ1v) is 6.60. The van der Waals surface area contributed by atoms with Crippen molar-refractivity contribution in [3.63, 3.8) is 0 Å². The van der Waals surface area contributed by atoms with Crippen LogP contribution in [0.25, 0.3) is 0 Å². The van der Waals surface area contributed by atoms with Gasteiger partial charge in [0.25, 0.3) is 0 Å². The van der Waals surface area contributed by atoms with Crippen molar-refractivity contribution < 1.29 is 14.6 Å². The van der Waals surface area contributed by atoms with Crippen LogP contribution in [0, 0.1) is 5.92 Å². The van der Waals surface area contributed by atoms with E-state index in [1.165, 1.54) is 5.56 Å². The molecule has 100 valence electrons. The van der Waals surface area contributed by atoms with Crippen molar-refractivity contribution in [3.05, 3.63) is 35.9 Å². The molecule has 1 aromatic rings. The summed E-state index contributed by atoms with van der Waals surface area (Å²) in [7, 11) is 0. The van der Waals surface area contributed by atoms with Gasteiger partial charge in [-0.25, -0.2) is 0 Å². The number of rotatable bonds is 4. The van der Waals surface area contributed by atoms with E-state index in [2.05, 4.69) is 12.1 Å². The molecule has 1 aliphatic rings. The second kappa shape index (κ2) is 5.83. The minimum atomic E-state index is -0.532. The Morgan fingerprint density at radius 2 is 2.00 bits per heavy atom. The van der Waals surface area contributed by atoms with Gasteiger partial charge in [-0.2, -0.15) is 0 Å². The first-order valence-electron chi connectivity index (χ1n) is 6.60. The van der Waals surface area contributed by atoms with E-state index in [1.54, 1.807) is 0 Å². The topological polar surface area (TPSA) is 38.7 Å². The zero-order valence-corrected chi connectivity index (χ0v) is 11.1. The van der Waals surface area contributed by atoms with Crippen LogP contribution in [-0.2, 0) is 9.47 Å². The normalized spacial score (nSPS) is 27.1. The molecule has 2 rings (SSSR count). The van der Waals surface area contributed by atoms with Gasteiger partial charge in [0.2, 0.25) is 0 Å². The molecule has 1 aromatic carbocycles. The summed E-state index contributed by atoms with van der Waals surface area (Å²) in [5.74, 6) is -0.219. The standard InChI is InChI=1S/C15H22O3/c1-15(2)17-11-13(9-6-10-16)14(18-15)12-7-4-3-5-8-12/h3-5,7-8,13-14,16H,6,9-11H2,1-2H3/t13-,14-/m1/s1. The molecule has 3 nitrogen and oxygen atoms in total. The van der Waals surface area contributed by atoms with Gasteiger partial charge in [-0.3, -0.25) is 0 Å². The third-order valence-electron chi connectivity index (χ3n) is 3.35. The second-order valence-corrected chi connectivity index (χ2v) is 5.29. The lowest BCUT2D eigenvalue weighted by molar-refractivity contribution is -0.296. The van der Waals surface area contributed by atoms with Crippen molar-refractivity contribution >= 4 is 0 Å². The van der Waals surface area contributed by atoms with Crippen molar-refractivity contribution in [2.45, 2.75) is 38.6 Å². The van der Waals surface area contributed by atoms with Gasteiger partial charge < -0.3 is 14.6 Å². The molecule has 0 unspecified atom stereocenters. The van der Waals surface area contributed by atoms with Gasteiger partial charge in [0, 0.05) is 12.5 Å². The summed E-state index contributed by atoms with van der Waals surface area (Å²) < 4.78 is 11.8. The number of hydrogen-bond acceptors (Lipinski definition) is 3. The summed E-state index contributed by atoms with van der Waals surface area (Å²) in [6, 6.07) is 10.3. The Labute approximate surface area is 109 Å². The predicted molar refractivity (Wildman–Crippen MR) is 70.1 cm³/mol. The molecule has 1 heterocycles. The average Bonchev–Trinajstić information content (AvgIpc) is 2.38. The van der Waals surface area contributed by atoms with Gasteiger partial charge in [0.1, 0.15) is 0 Å². The molecule has 18 heavy (non-hydrogen) atoms. The van der Waals surface area contributed by atoms with Crippen LogP contribution in [0.3, 0.4) is 0 Å². The Morgan fingerprint density at radius 3 is 2.67 bits per heavy atom. The van der Waals surface area contributed by atoms with E-state index in [-0.39, 0.29) is 12.7 Å². The van der Waals surface area contributed by atoms with Crippen LogP contribution in [0.15, 0.2) is 30.3 Å².